The van der Waals surface area contributed by atoms with Crippen LogP contribution in [-0.4, -0.2) is 51.4 Å². The second-order valence-corrected chi connectivity index (χ2v) is 14.5. The van der Waals surface area contributed by atoms with E-state index in [4.69, 9.17) is 28.1 Å². The molecule has 9 rings (SSSR count). The maximum absolute atomic E-state index is 15.1. The summed E-state index contributed by atoms with van der Waals surface area (Å²) in [4.78, 5) is 15.1. The van der Waals surface area contributed by atoms with Crippen molar-refractivity contribution in [3.63, 3.8) is 0 Å². The normalized spacial score (nSPS) is 20.6. The van der Waals surface area contributed by atoms with E-state index in [1.807, 2.05) is 121 Å². The molecule has 11 nitrogen and oxygen atoms in total. The van der Waals surface area contributed by atoms with Gasteiger partial charge in [0.05, 0.1) is 12.2 Å². The predicted octanol–water partition coefficient (Wildman–Crippen LogP) is 6.81. The molecule has 1 aromatic heterocycles. The molecular formula is C48H40O11. The molecular weight excluding hydrogens is 753 g/mol. The molecule has 2 aliphatic heterocycles. The Bertz CT molecular complexity index is 2580. The van der Waals surface area contributed by atoms with Crippen LogP contribution in [0.1, 0.15) is 33.9 Å². The second-order valence-electron chi connectivity index (χ2n) is 14.5. The zero-order valence-electron chi connectivity index (χ0n) is 31.6. The zero-order valence-corrected chi connectivity index (χ0v) is 31.6. The van der Waals surface area contributed by atoms with Gasteiger partial charge in [-0.2, -0.15) is 0 Å². The Balaban J connectivity index is 1.21. The molecule has 0 bridgehead atoms. The Kier molecular flexibility index (Phi) is 10.4. The predicted molar refractivity (Wildman–Crippen MR) is 217 cm³/mol. The van der Waals surface area contributed by atoms with Gasteiger partial charge in [-0.15, -0.1) is 0 Å². The smallest absolute Gasteiger partial charge is 0.305 e. The van der Waals surface area contributed by atoms with Crippen LogP contribution in [0.15, 0.2) is 161 Å². The van der Waals surface area contributed by atoms with Gasteiger partial charge in [-0.3, -0.25) is 4.79 Å². The monoisotopic (exact) mass is 792 g/mol. The van der Waals surface area contributed by atoms with Crippen LogP contribution in [0.5, 0.6) is 23.0 Å². The van der Waals surface area contributed by atoms with Crippen LogP contribution in [0.25, 0.3) is 22.3 Å². The highest BCUT2D eigenvalue weighted by Gasteiger charge is 2.48. The maximum atomic E-state index is 15.1. The number of benzene rings is 6. The molecule has 0 spiro atoms. The van der Waals surface area contributed by atoms with E-state index in [-0.39, 0.29) is 41.3 Å². The molecule has 6 aromatic carbocycles. The van der Waals surface area contributed by atoms with Crippen molar-refractivity contribution in [2.24, 2.45) is 0 Å². The van der Waals surface area contributed by atoms with E-state index < -0.39 is 48.3 Å². The number of ether oxygens (including phenoxy) is 5. The van der Waals surface area contributed by atoms with E-state index in [9.17, 15) is 20.4 Å². The number of rotatable bonds is 11. The minimum atomic E-state index is -1.80. The van der Waals surface area contributed by atoms with E-state index in [0.717, 1.165) is 22.3 Å². The first-order valence-corrected chi connectivity index (χ1v) is 19.2. The molecule has 0 saturated carbocycles. The van der Waals surface area contributed by atoms with Crippen LogP contribution in [0.4, 0.5) is 0 Å². The Morgan fingerprint density at radius 3 is 1.80 bits per heavy atom. The summed E-state index contributed by atoms with van der Waals surface area (Å²) in [7, 11) is 0. The minimum absolute atomic E-state index is 0.0237. The van der Waals surface area contributed by atoms with Gasteiger partial charge >= 0.3 is 5.79 Å². The summed E-state index contributed by atoms with van der Waals surface area (Å²) in [6, 6.07) is 46.3. The van der Waals surface area contributed by atoms with Crippen LogP contribution in [0, 0.1) is 0 Å². The van der Waals surface area contributed by atoms with Crippen LogP contribution < -0.4 is 24.4 Å². The fourth-order valence-electron chi connectivity index (χ4n) is 7.62. The Hall–Kier alpha value is -6.47. The molecule has 7 aromatic rings. The zero-order chi connectivity index (χ0) is 40.5. The molecule has 1 fully saturated rings. The van der Waals surface area contributed by atoms with Crippen molar-refractivity contribution >= 4 is 11.0 Å². The number of hydrogen-bond donors (Lipinski definition) is 4. The summed E-state index contributed by atoms with van der Waals surface area (Å²) in [6.07, 6.45) is -8.10. The highest BCUT2D eigenvalue weighted by atomic mass is 16.7. The van der Waals surface area contributed by atoms with Crippen molar-refractivity contribution in [2.75, 3.05) is 6.61 Å². The molecule has 298 valence electrons. The van der Waals surface area contributed by atoms with Crippen molar-refractivity contribution in [1.29, 1.82) is 0 Å². The molecule has 0 aliphatic carbocycles. The molecule has 11 heteroatoms. The summed E-state index contributed by atoms with van der Waals surface area (Å²) in [5.41, 5.74) is 2.89. The molecule has 4 N–H and O–H groups in total. The fraction of sp³-hybridized carbons (Fsp3) is 0.188. The van der Waals surface area contributed by atoms with Gasteiger partial charge in [-0.05, 0) is 29.3 Å². The summed E-state index contributed by atoms with van der Waals surface area (Å²) >= 11 is 0. The Morgan fingerprint density at radius 1 is 0.610 bits per heavy atom. The highest BCUT2D eigenvalue weighted by Crippen LogP contribution is 2.50. The topological polar surface area (TPSA) is 157 Å². The summed E-state index contributed by atoms with van der Waals surface area (Å²) in [5.74, 6) is -0.104. The van der Waals surface area contributed by atoms with Gasteiger partial charge in [0.1, 0.15) is 72.0 Å². The quantitative estimate of drug-likeness (QED) is 0.109. The van der Waals surface area contributed by atoms with Crippen molar-refractivity contribution < 1.29 is 48.5 Å². The van der Waals surface area contributed by atoms with Crippen LogP contribution in [0.3, 0.4) is 0 Å². The van der Waals surface area contributed by atoms with Crippen molar-refractivity contribution in [3.05, 3.63) is 190 Å². The first-order chi connectivity index (χ1) is 28.8. The Morgan fingerprint density at radius 2 is 1.19 bits per heavy atom. The molecule has 5 atom stereocenters. The van der Waals surface area contributed by atoms with E-state index >= 15 is 4.79 Å². The number of hydrogen-bond acceptors (Lipinski definition) is 11. The molecule has 0 amide bonds. The third-order valence-corrected chi connectivity index (χ3v) is 10.7. The van der Waals surface area contributed by atoms with Crippen LogP contribution >= 0.6 is 0 Å². The minimum Gasteiger partial charge on any atom is -0.489 e. The van der Waals surface area contributed by atoms with Gasteiger partial charge in [0, 0.05) is 28.8 Å². The molecule has 59 heavy (non-hydrogen) atoms. The standard InChI is InChI=1S/C48H40O11/c49-26-39-42(50)44(52)45(53)47(57-39)41-43(51)40-37(55-28-30-15-7-2-8-16-30)24-34(54-27-29-13-5-1-6-14-29)25-38(40)56-46(41)31-21-22-35-36(23-31)59-48(58-35,32-17-9-3-10-18-32)33-19-11-4-12-20-33/h1-25,39,42,44-45,47,49-50,52-53H,26-28H2/t39-,42+,44+,45-,47+/m1/s1. The van der Waals surface area contributed by atoms with E-state index in [1.165, 1.54) is 0 Å². The fourth-order valence-corrected chi connectivity index (χ4v) is 7.62. The van der Waals surface area contributed by atoms with Gasteiger partial charge < -0.3 is 48.5 Å². The average Bonchev–Trinajstić information content (AvgIpc) is 3.69. The van der Waals surface area contributed by atoms with Crippen molar-refractivity contribution in [3.8, 4) is 34.3 Å². The molecule has 2 aliphatic rings. The van der Waals surface area contributed by atoms with Gasteiger partial charge in [-0.1, -0.05) is 121 Å². The van der Waals surface area contributed by atoms with Gasteiger partial charge in [-0.25, -0.2) is 0 Å². The first kappa shape index (κ1) is 38.1. The van der Waals surface area contributed by atoms with Crippen LogP contribution in [0.2, 0.25) is 0 Å². The van der Waals surface area contributed by atoms with Crippen molar-refractivity contribution in [1.82, 2.24) is 0 Å². The maximum Gasteiger partial charge on any atom is 0.305 e. The third-order valence-electron chi connectivity index (χ3n) is 10.7. The molecule has 0 radical (unpaired) electrons. The van der Waals surface area contributed by atoms with E-state index in [2.05, 4.69) is 0 Å². The van der Waals surface area contributed by atoms with Crippen LogP contribution in [-0.2, 0) is 23.7 Å². The first-order valence-electron chi connectivity index (χ1n) is 19.2. The average molecular weight is 793 g/mol. The number of aliphatic hydroxyl groups is 4. The summed E-state index contributed by atoms with van der Waals surface area (Å²) < 4.78 is 38.7. The summed E-state index contributed by atoms with van der Waals surface area (Å²) in [6.45, 7) is -0.382. The lowest BCUT2D eigenvalue weighted by Crippen LogP contribution is -2.55. The van der Waals surface area contributed by atoms with Gasteiger partial charge in [0.15, 0.2) is 11.5 Å². The lowest BCUT2D eigenvalue weighted by molar-refractivity contribution is -0.232. The van der Waals surface area contributed by atoms with Gasteiger partial charge in [0.25, 0.3) is 0 Å². The highest BCUT2D eigenvalue weighted by molar-refractivity contribution is 5.88. The lowest BCUT2D eigenvalue weighted by atomic mass is 9.89. The summed E-state index contributed by atoms with van der Waals surface area (Å²) in [5, 5.41) is 43.3. The molecule has 0 unspecified atom stereocenters. The molecule has 1 saturated heterocycles. The van der Waals surface area contributed by atoms with E-state index in [0.29, 0.717) is 22.8 Å². The number of aliphatic hydroxyl groups excluding tert-OH is 4. The van der Waals surface area contributed by atoms with Crippen molar-refractivity contribution in [2.45, 2.75) is 49.5 Å². The molecule has 3 heterocycles. The Labute approximate surface area is 338 Å². The van der Waals surface area contributed by atoms with Gasteiger partial charge in [0.2, 0.25) is 5.43 Å². The number of fused-ring (bicyclic) bond motifs is 2. The SMILES string of the molecule is O=c1c([C@@H]2O[C@H](CO)[C@H](O)[C@H](O)[C@H]2O)c(-c2ccc3c(c2)OC(c2ccccc2)(c2ccccc2)O3)oc2cc(OCc3ccccc3)cc(OCc3ccccc3)c12. The second kappa shape index (κ2) is 16.1. The largest absolute Gasteiger partial charge is 0.489 e. The van der Waals surface area contributed by atoms with E-state index in [1.54, 1.807) is 30.3 Å². The lowest BCUT2D eigenvalue weighted by Gasteiger charge is -2.40. The third kappa shape index (κ3) is 7.20.